The van der Waals surface area contributed by atoms with Gasteiger partial charge in [0.05, 0.1) is 9.58 Å². The van der Waals surface area contributed by atoms with Crippen molar-refractivity contribution in [3.8, 4) is 0 Å². The Morgan fingerprint density at radius 2 is 2.14 bits per heavy atom. The van der Waals surface area contributed by atoms with E-state index in [1.54, 1.807) is 22.7 Å². The van der Waals surface area contributed by atoms with Crippen molar-refractivity contribution in [2.75, 3.05) is 13.1 Å². The first kappa shape index (κ1) is 14.2. The average Bonchev–Trinajstić information content (AvgIpc) is 3.07. The molecule has 0 radical (unpaired) electrons. The molecular weight excluding hydrogens is 312 g/mol. The highest BCUT2D eigenvalue weighted by atomic mass is 32.1. The Kier molecular flexibility index (Phi) is 3.64. The van der Waals surface area contributed by atoms with Crippen LogP contribution in [0.5, 0.6) is 0 Å². The molecule has 1 aromatic carbocycles. The number of carbonyl (C=O) groups is 1. The molecule has 5 heteroatoms. The van der Waals surface area contributed by atoms with E-state index in [0.717, 1.165) is 24.4 Å². The molecule has 114 valence electrons. The third kappa shape index (κ3) is 2.43. The van der Waals surface area contributed by atoms with Crippen molar-refractivity contribution in [2.45, 2.75) is 19.4 Å². The molecule has 1 amide bonds. The fraction of sp³-hybridized carbons (Fsp3) is 0.353. The van der Waals surface area contributed by atoms with E-state index in [0.29, 0.717) is 5.92 Å². The summed E-state index contributed by atoms with van der Waals surface area (Å²) in [4.78, 5) is 13.4. The second-order valence-electron chi connectivity index (χ2n) is 5.95. The quantitative estimate of drug-likeness (QED) is 0.749. The topological polar surface area (TPSA) is 41.1 Å². The van der Waals surface area contributed by atoms with Gasteiger partial charge in [-0.25, -0.2) is 0 Å². The fourth-order valence-corrected chi connectivity index (χ4v) is 5.51. The van der Waals surface area contributed by atoms with Crippen molar-refractivity contribution in [3.63, 3.8) is 0 Å². The molecule has 3 nitrogen and oxygen atoms in total. The van der Waals surface area contributed by atoms with Crippen LogP contribution in [0.15, 0.2) is 30.3 Å². The predicted octanol–water partition coefficient (Wildman–Crippen LogP) is 3.84. The Balaban J connectivity index is 1.61. The summed E-state index contributed by atoms with van der Waals surface area (Å²) in [5.74, 6) is 0.566. The van der Waals surface area contributed by atoms with Gasteiger partial charge in [-0.2, -0.15) is 0 Å². The number of amides is 1. The highest BCUT2D eigenvalue weighted by molar-refractivity contribution is 7.33. The average molecular weight is 330 g/mol. The summed E-state index contributed by atoms with van der Waals surface area (Å²) in [7, 11) is 0. The number of hydrogen-bond donors (Lipinski definition) is 2. The number of benzene rings is 1. The first-order valence-electron chi connectivity index (χ1n) is 7.65. The molecule has 0 bridgehead atoms. The minimum atomic E-state index is 0.0798. The number of carbonyl (C=O) groups excluding carboxylic acids is 1. The number of hydrogen-bond acceptors (Lipinski definition) is 4. The van der Waals surface area contributed by atoms with Crippen LogP contribution in [-0.4, -0.2) is 25.0 Å². The standard InChI is InChI=1S/C17H18N2OS2/c1-10-9-18-7-6-12(10)19-17(20)15-8-14-16(22-15)11-4-2-3-5-13(11)21-14/h2-5,8,10,12,18H,6-7,9H2,1H3,(H,19,20). The summed E-state index contributed by atoms with van der Waals surface area (Å²) in [5.41, 5.74) is 0. The number of rotatable bonds is 2. The lowest BCUT2D eigenvalue weighted by Gasteiger charge is -2.30. The van der Waals surface area contributed by atoms with Gasteiger partial charge in [-0.05, 0) is 37.6 Å². The van der Waals surface area contributed by atoms with Gasteiger partial charge in [0.2, 0.25) is 0 Å². The van der Waals surface area contributed by atoms with Crippen LogP contribution in [0.4, 0.5) is 0 Å². The summed E-state index contributed by atoms with van der Waals surface area (Å²) < 4.78 is 3.75. The summed E-state index contributed by atoms with van der Waals surface area (Å²) in [6.45, 7) is 4.16. The van der Waals surface area contributed by atoms with E-state index in [1.165, 1.54) is 19.5 Å². The van der Waals surface area contributed by atoms with Gasteiger partial charge in [0, 0.05) is 20.8 Å². The zero-order valence-corrected chi connectivity index (χ0v) is 14.0. The van der Waals surface area contributed by atoms with Crippen molar-refractivity contribution in [1.82, 2.24) is 10.6 Å². The van der Waals surface area contributed by atoms with Crippen molar-refractivity contribution in [1.29, 1.82) is 0 Å². The fourth-order valence-electron chi connectivity index (χ4n) is 3.08. The van der Waals surface area contributed by atoms with Gasteiger partial charge < -0.3 is 10.6 Å². The Labute approximate surface area is 137 Å². The summed E-state index contributed by atoms with van der Waals surface area (Å²) >= 11 is 3.38. The zero-order valence-electron chi connectivity index (χ0n) is 12.4. The van der Waals surface area contributed by atoms with Crippen molar-refractivity contribution in [2.24, 2.45) is 5.92 Å². The molecule has 3 heterocycles. The lowest BCUT2D eigenvalue weighted by molar-refractivity contribution is 0.0918. The maximum atomic E-state index is 12.5. The SMILES string of the molecule is CC1CNCCC1NC(=O)c1cc2sc3ccccc3c2s1. The van der Waals surface area contributed by atoms with E-state index in [9.17, 15) is 4.79 Å². The third-order valence-electron chi connectivity index (χ3n) is 4.38. The second kappa shape index (κ2) is 5.65. The van der Waals surface area contributed by atoms with Crippen LogP contribution in [0.2, 0.25) is 0 Å². The Hall–Kier alpha value is -1.43. The van der Waals surface area contributed by atoms with Crippen molar-refractivity contribution >= 4 is 48.1 Å². The molecule has 2 unspecified atom stereocenters. The van der Waals surface area contributed by atoms with Crippen LogP contribution < -0.4 is 10.6 Å². The third-order valence-corrected chi connectivity index (χ3v) is 6.79. The maximum Gasteiger partial charge on any atom is 0.261 e. The Morgan fingerprint density at radius 1 is 1.27 bits per heavy atom. The van der Waals surface area contributed by atoms with E-state index < -0.39 is 0 Å². The Bertz CT molecular complexity index is 836. The summed E-state index contributed by atoms with van der Waals surface area (Å²) in [6.07, 6.45) is 1.01. The largest absolute Gasteiger partial charge is 0.348 e. The molecule has 0 spiro atoms. The van der Waals surface area contributed by atoms with E-state index in [-0.39, 0.29) is 11.9 Å². The van der Waals surface area contributed by atoms with E-state index in [2.05, 4.69) is 41.8 Å². The second-order valence-corrected chi connectivity index (χ2v) is 8.09. The van der Waals surface area contributed by atoms with Crippen LogP contribution >= 0.6 is 22.7 Å². The highest BCUT2D eigenvalue weighted by Crippen LogP contribution is 2.39. The molecule has 3 aromatic rings. The minimum absolute atomic E-state index is 0.0798. The van der Waals surface area contributed by atoms with Crippen LogP contribution in [0.3, 0.4) is 0 Å². The molecule has 0 aliphatic carbocycles. The number of fused-ring (bicyclic) bond motifs is 3. The molecule has 4 rings (SSSR count). The van der Waals surface area contributed by atoms with Gasteiger partial charge in [-0.1, -0.05) is 25.1 Å². The summed E-state index contributed by atoms with van der Waals surface area (Å²) in [6, 6.07) is 10.7. The van der Waals surface area contributed by atoms with Crippen molar-refractivity contribution in [3.05, 3.63) is 35.2 Å². The van der Waals surface area contributed by atoms with Gasteiger partial charge in [-0.3, -0.25) is 4.79 Å². The van der Waals surface area contributed by atoms with Crippen LogP contribution in [-0.2, 0) is 0 Å². The lowest BCUT2D eigenvalue weighted by Crippen LogP contribution is -2.48. The van der Waals surface area contributed by atoms with Crippen LogP contribution in [0.25, 0.3) is 19.5 Å². The first-order chi connectivity index (χ1) is 10.7. The van der Waals surface area contributed by atoms with Gasteiger partial charge in [0.25, 0.3) is 5.91 Å². The van der Waals surface area contributed by atoms with E-state index >= 15 is 0 Å². The molecule has 2 N–H and O–H groups in total. The number of piperidine rings is 1. The van der Waals surface area contributed by atoms with Gasteiger partial charge in [0.15, 0.2) is 0 Å². The molecule has 1 aliphatic rings. The molecule has 0 saturated carbocycles. The number of nitrogens with one attached hydrogen (secondary N) is 2. The highest BCUT2D eigenvalue weighted by Gasteiger charge is 2.24. The van der Waals surface area contributed by atoms with Gasteiger partial charge in [0.1, 0.15) is 0 Å². The van der Waals surface area contributed by atoms with E-state index in [1.807, 2.05) is 6.07 Å². The zero-order chi connectivity index (χ0) is 15.1. The number of thiophene rings is 2. The predicted molar refractivity (Wildman–Crippen MR) is 95.1 cm³/mol. The van der Waals surface area contributed by atoms with Crippen molar-refractivity contribution < 1.29 is 4.79 Å². The summed E-state index contributed by atoms with van der Waals surface area (Å²) in [5, 5.41) is 7.85. The molecular formula is C17H18N2OS2. The normalized spacial score (nSPS) is 22.2. The molecule has 22 heavy (non-hydrogen) atoms. The first-order valence-corrected chi connectivity index (χ1v) is 9.28. The molecule has 1 aliphatic heterocycles. The van der Waals surface area contributed by atoms with Gasteiger partial charge >= 0.3 is 0 Å². The lowest BCUT2D eigenvalue weighted by atomic mass is 9.95. The van der Waals surface area contributed by atoms with Crippen LogP contribution in [0.1, 0.15) is 23.0 Å². The van der Waals surface area contributed by atoms with E-state index in [4.69, 9.17) is 0 Å². The molecule has 1 fully saturated rings. The molecule has 1 saturated heterocycles. The molecule has 2 atom stereocenters. The Morgan fingerprint density at radius 3 is 3.00 bits per heavy atom. The smallest absolute Gasteiger partial charge is 0.261 e. The minimum Gasteiger partial charge on any atom is -0.348 e. The van der Waals surface area contributed by atoms with Gasteiger partial charge in [-0.15, -0.1) is 22.7 Å². The molecule has 2 aromatic heterocycles. The van der Waals surface area contributed by atoms with Crippen LogP contribution in [0, 0.1) is 5.92 Å². The monoisotopic (exact) mass is 330 g/mol. The maximum absolute atomic E-state index is 12.5.